The van der Waals surface area contributed by atoms with E-state index in [1.165, 1.54) is 19.4 Å². The standard InChI is InChI=1S/C25H21F2N7O2S/c1-36-21-13-33-20(23(26)27)9-18(21)17-8-16(6-4-15(10-28)11-29)32-12-19(17)24(35)34-25(31)37-22(30)7-5-14-2-3-14/h8-14,23,28,30H,2-3,29H2,1H3,(H2,31,34,35)/b15-11-,28-10?,30-22?. The molecule has 0 unspecified atom stereocenters. The molecule has 0 spiro atoms. The van der Waals surface area contributed by atoms with Crippen LogP contribution in [0.25, 0.3) is 11.1 Å². The molecule has 9 nitrogen and oxygen atoms in total. The van der Waals surface area contributed by atoms with Gasteiger partial charge < -0.3 is 21.2 Å². The predicted octanol–water partition coefficient (Wildman–Crippen LogP) is 3.72. The fourth-order valence-corrected chi connectivity index (χ4v) is 3.32. The third kappa shape index (κ3) is 7.46. The Morgan fingerprint density at radius 3 is 2.62 bits per heavy atom. The Morgan fingerprint density at radius 1 is 1.24 bits per heavy atom. The Hall–Kier alpha value is -4.55. The van der Waals surface area contributed by atoms with Crippen LogP contribution in [0.1, 0.15) is 41.0 Å². The lowest BCUT2D eigenvalue weighted by molar-refractivity contribution is 0.0978. The van der Waals surface area contributed by atoms with Gasteiger partial charge in [0.1, 0.15) is 22.2 Å². The van der Waals surface area contributed by atoms with Crippen molar-refractivity contribution in [3.05, 3.63) is 53.3 Å². The number of ether oxygens (including phenoxy) is 1. The number of allylic oxidation sites excluding steroid dienone is 1. The minimum Gasteiger partial charge on any atom is -0.494 e. The number of alkyl halides is 2. The number of halogens is 2. The zero-order chi connectivity index (χ0) is 26.9. The predicted molar refractivity (Wildman–Crippen MR) is 138 cm³/mol. The molecule has 1 saturated carbocycles. The summed E-state index contributed by atoms with van der Waals surface area (Å²) in [6, 6.07) is 2.49. The number of nitrogens with one attached hydrogen (secondary N) is 4. The molecule has 1 aliphatic rings. The second-order valence-electron chi connectivity index (χ2n) is 7.50. The van der Waals surface area contributed by atoms with E-state index in [1.807, 2.05) is 0 Å². The molecule has 37 heavy (non-hydrogen) atoms. The van der Waals surface area contributed by atoms with Crippen molar-refractivity contribution in [2.24, 2.45) is 11.7 Å². The monoisotopic (exact) mass is 521 g/mol. The Bertz CT molecular complexity index is 1410. The normalized spacial score (nSPS) is 12.5. The summed E-state index contributed by atoms with van der Waals surface area (Å²) in [4.78, 5) is 20.9. The lowest BCUT2D eigenvalue weighted by Crippen LogP contribution is -2.29. The van der Waals surface area contributed by atoms with Crippen LogP contribution in [0.4, 0.5) is 8.78 Å². The van der Waals surface area contributed by atoms with Crippen molar-refractivity contribution >= 4 is 34.1 Å². The van der Waals surface area contributed by atoms with Gasteiger partial charge in [-0.1, -0.05) is 11.8 Å². The van der Waals surface area contributed by atoms with Crippen molar-refractivity contribution in [3.8, 4) is 40.6 Å². The van der Waals surface area contributed by atoms with E-state index < -0.39 is 18.0 Å². The maximum atomic E-state index is 13.4. The van der Waals surface area contributed by atoms with E-state index in [2.05, 4.69) is 39.0 Å². The van der Waals surface area contributed by atoms with Gasteiger partial charge in [-0.15, -0.1) is 0 Å². The molecule has 2 aromatic heterocycles. The molecule has 0 radical (unpaired) electrons. The summed E-state index contributed by atoms with van der Waals surface area (Å²) in [5.41, 5.74) is 5.46. The van der Waals surface area contributed by atoms with Crippen molar-refractivity contribution in [3.63, 3.8) is 0 Å². The number of thioether (sulfide) groups is 1. The Kier molecular flexibility index (Phi) is 9.08. The maximum Gasteiger partial charge on any atom is 0.280 e. The molecule has 6 N–H and O–H groups in total. The van der Waals surface area contributed by atoms with Gasteiger partial charge in [0.2, 0.25) is 0 Å². The number of amidine groups is 1. The molecule has 12 heteroatoms. The quantitative estimate of drug-likeness (QED) is 0.229. The topological polar surface area (TPSA) is 162 Å². The average Bonchev–Trinajstić information content (AvgIpc) is 3.72. The van der Waals surface area contributed by atoms with Gasteiger partial charge in [0.25, 0.3) is 12.3 Å². The molecule has 3 rings (SSSR count). The number of carbonyl (C=O) groups is 1. The van der Waals surface area contributed by atoms with Crippen LogP contribution in [-0.2, 0) is 0 Å². The van der Waals surface area contributed by atoms with E-state index in [9.17, 15) is 13.6 Å². The van der Waals surface area contributed by atoms with Gasteiger partial charge >= 0.3 is 0 Å². The highest BCUT2D eigenvalue weighted by Gasteiger charge is 2.22. The number of hydrogen-bond donors (Lipinski definition) is 5. The molecule has 1 fully saturated rings. The number of nitrogens with zero attached hydrogens (tertiary/aromatic N) is 2. The van der Waals surface area contributed by atoms with Crippen LogP contribution >= 0.6 is 11.8 Å². The molecule has 1 amide bonds. The number of methoxy groups -OCH3 is 1. The summed E-state index contributed by atoms with van der Waals surface area (Å²) >= 11 is 0.673. The van der Waals surface area contributed by atoms with E-state index in [1.54, 1.807) is 0 Å². The van der Waals surface area contributed by atoms with Crippen molar-refractivity contribution in [1.29, 1.82) is 16.2 Å². The van der Waals surface area contributed by atoms with E-state index in [0.29, 0.717) is 11.8 Å². The highest BCUT2D eigenvalue weighted by atomic mass is 32.2. The smallest absolute Gasteiger partial charge is 0.280 e. The number of pyridine rings is 2. The lowest BCUT2D eigenvalue weighted by Gasteiger charge is -2.14. The molecule has 0 saturated heterocycles. The first-order valence-electron chi connectivity index (χ1n) is 10.7. The first-order valence-corrected chi connectivity index (χ1v) is 11.5. The third-order valence-electron chi connectivity index (χ3n) is 4.84. The fourth-order valence-electron chi connectivity index (χ4n) is 2.86. The molecule has 1 aliphatic carbocycles. The third-order valence-corrected chi connectivity index (χ3v) is 5.45. The highest BCUT2D eigenvalue weighted by molar-refractivity contribution is 8.26. The summed E-state index contributed by atoms with van der Waals surface area (Å²) in [5.74, 6) is 10.5. The minimum absolute atomic E-state index is 0.0575. The molecule has 0 aliphatic heterocycles. The zero-order valence-corrected chi connectivity index (χ0v) is 20.3. The Balaban J connectivity index is 2.00. The lowest BCUT2D eigenvalue weighted by atomic mass is 9.99. The van der Waals surface area contributed by atoms with Crippen LogP contribution in [0.15, 0.2) is 36.3 Å². The second kappa shape index (κ2) is 12.4. The molecule has 2 heterocycles. The minimum atomic E-state index is -2.87. The van der Waals surface area contributed by atoms with E-state index in [0.717, 1.165) is 37.5 Å². The second-order valence-corrected chi connectivity index (χ2v) is 8.52. The van der Waals surface area contributed by atoms with Gasteiger partial charge in [0.05, 0.1) is 24.4 Å². The van der Waals surface area contributed by atoms with Crippen LogP contribution in [0.2, 0.25) is 0 Å². The summed E-state index contributed by atoms with van der Waals surface area (Å²) in [6.45, 7) is 0. The zero-order valence-electron chi connectivity index (χ0n) is 19.5. The van der Waals surface area contributed by atoms with Gasteiger partial charge in [-0.2, -0.15) is 0 Å². The van der Waals surface area contributed by atoms with Crippen LogP contribution in [0, 0.1) is 45.8 Å². The van der Waals surface area contributed by atoms with Crippen molar-refractivity contribution < 1.29 is 18.3 Å². The first kappa shape index (κ1) is 27.0. The molecule has 0 atom stereocenters. The van der Waals surface area contributed by atoms with E-state index >= 15 is 0 Å². The molecule has 0 bridgehead atoms. The number of rotatable bonds is 5. The van der Waals surface area contributed by atoms with Crippen molar-refractivity contribution in [2.45, 2.75) is 19.3 Å². The number of amides is 1. The number of hydrogen-bond acceptors (Lipinski definition) is 9. The molecular formula is C25H21F2N7O2S. The molecule has 2 aromatic rings. The number of aromatic nitrogens is 2. The van der Waals surface area contributed by atoms with Gasteiger partial charge in [-0.3, -0.25) is 20.6 Å². The van der Waals surface area contributed by atoms with Gasteiger partial charge in [0, 0.05) is 35.7 Å². The molecule has 0 aromatic carbocycles. The SMILES string of the molecule is COc1cnc(C(F)F)cc1-c1cc(C#C/C(C=N)=C/N)ncc1C(=O)NC(=N)SC(=N)C#CC1CC1. The average molecular weight is 522 g/mol. The Morgan fingerprint density at radius 2 is 2.00 bits per heavy atom. The molecular weight excluding hydrogens is 500 g/mol. The number of carbonyl (C=O) groups excluding carboxylic acids is 1. The fraction of sp³-hybridized carbons (Fsp3) is 0.200. The van der Waals surface area contributed by atoms with Crippen molar-refractivity contribution in [1.82, 2.24) is 15.3 Å². The summed E-state index contributed by atoms with van der Waals surface area (Å²) in [5, 5.41) is 25.1. The van der Waals surface area contributed by atoms with Gasteiger partial charge in [-0.05, 0) is 48.6 Å². The van der Waals surface area contributed by atoms with Crippen LogP contribution in [0.5, 0.6) is 5.75 Å². The van der Waals surface area contributed by atoms with Gasteiger partial charge in [0.15, 0.2) is 5.17 Å². The first-order chi connectivity index (χ1) is 17.7. The van der Waals surface area contributed by atoms with Crippen molar-refractivity contribution in [2.75, 3.05) is 7.11 Å². The maximum absolute atomic E-state index is 13.4. The summed E-state index contributed by atoms with van der Waals surface area (Å²) in [6.07, 6.45) is 3.50. The Labute approximate surface area is 215 Å². The summed E-state index contributed by atoms with van der Waals surface area (Å²) in [7, 11) is 1.33. The summed E-state index contributed by atoms with van der Waals surface area (Å²) < 4.78 is 32.1. The van der Waals surface area contributed by atoms with Gasteiger partial charge in [-0.25, -0.2) is 13.8 Å². The van der Waals surface area contributed by atoms with Crippen LogP contribution in [-0.4, -0.2) is 39.4 Å². The largest absolute Gasteiger partial charge is 0.494 e. The van der Waals surface area contributed by atoms with E-state index in [4.69, 9.17) is 26.7 Å². The van der Waals surface area contributed by atoms with E-state index in [-0.39, 0.29) is 49.8 Å². The molecule has 188 valence electrons. The number of nitrogens with two attached hydrogens (primary N) is 1. The highest BCUT2D eigenvalue weighted by Crippen LogP contribution is 2.34. The van der Waals surface area contributed by atoms with Crippen LogP contribution in [0.3, 0.4) is 0 Å². The van der Waals surface area contributed by atoms with Crippen LogP contribution < -0.4 is 15.8 Å².